The fourth-order valence-electron chi connectivity index (χ4n) is 1.48. The number of carbonyl (C=O) groups is 2. The molecule has 6 nitrogen and oxygen atoms in total. The van der Waals surface area contributed by atoms with Crippen molar-refractivity contribution in [3.63, 3.8) is 0 Å². The molecule has 0 spiro atoms. The van der Waals surface area contributed by atoms with Crippen LogP contribution in [0.3, 0.4) is 0 Å². The van der Waals surface area contributed by atoms with E-state index in [9.17, 15) is 9.59 Å². The highest BCUT2D eigenvalue weighted by atomic mass is 16.5. The standard InChI is InChI=1S/C14H26O6/c15-9-3-1-7-13(17)19-11-5-6-12-20-14(18)8-2-4-10-16/h15-16H,1-12H2. The summed E-state index contributed by atoms with van der Waals surface area (Å²) in [7, 11) is 0. The minimum atomic E-state index is -0.251. The van der Waals surface area contributed by atoms with Gasteiger partial charge in [0, 0.05) is 26.1 Å². The van der Waals surface area contributed by atoms with E-state index in [1.807, 2.05) is 0 Å². The van der Waals surface area contributed by atoms with Crippen LogP contribution in [0, 0.1) is 0 Å². The van der Waals surface area contributed by atoms with E-state index < -0.39 is 0 Å². The average molecular weight is 290 g/mol. The number of esters is 2. The zero-order valence-corrected chi connectivity index (χ0v) is 12.0. The Morgan fingerprint density at radius 1 is 0.650 bits per heavy atom. The fraction of sp³-hybridized carbons (Fsp3) is 0.857. The van der Waals surface area contributed by atoms with E-state index in [2.05, 4.69) is 0 Å². The maximum atomic E-state index is 11.2. The monoisotopic (exact) mass is 290 g/mol. The molecule has 0 unspecified atom stereocenters. The lowest BCUT2D eigenvalue weighted by molar-refractivity contribution is -0.146. The molecule has 0 atom stereocenters. The third-order valence-corrected chi connectivity index (χ3v) is 2.64. The molecule has 2 N–H and O–H groups in total. The smallest absolute Gasteiger partial charge is 0.305 e. The first-order chi connectivity index (χ1) is 9.70. The Balaban J connectivity index is 3.27. The number of unbranched alkanes of at least 4 members (excludes halogenated alkanes) is 3. The molecule has 0 amide bonds. The first-order valence-corrected chi connectivity index (χ1v) is 7.23. The minimum Gasteiger partial charge on any atom is -0.466 e. The lowest BCUT2D eigenvalue weighted by Gasteiger charge is -2.06. The van der Waals surface area contributed by atoms with Gasteiger partial charge in [-0.3, -0.25) is 9.59 Å². The topological polar surface area (TPSA) is 93.1 Å². The number of hydrogen-bond acceptors (Lipinski definition) is 6. The quantitative estimate of drug-likeness (QED) is 0.391. The third kappa shape index (κ3) is 13.3. The molecular formula is C14H26O6. The molecule has 0 aliphatic rings. The summed E-state index contributed by atoms with van der Waals surface area (Å²) in [5.41, 5.74) is 0. The Morgan fingerprint density at radius 2 is 1.05 bits per heavy atom. The van der Waals surface area contributed by atoms with Crippen LogP contribution in [-0.2, 0) is 19.1 Å². The van der Waals surface area contributed by atoms with Gasteiger partial charge in [0.2, 0.25) is 0 Å². The predicted molar refractivity (Wildman–Crippen MR) is 73.0 cm³/mol. The second-order valence-corrected chi connectivity index (χ2v) is 4.51. The Kier molecular flexibility index (Phi) is 13.5. The Labute approximate surface area is 120 Å². The van der Waals surface area contributed by atoms with Crippen LogP contribution >= 0.6 is 0 Å². The molecule has 0 heterocycles. The molecule has 118 valence electrons. The molecule has 0 aromatic rings. The van der Waals surface area contributed by atoms with Crippen molar-refractivity contribution in [2.45, 2.75) is 51.4 Å². The van der Waals surface area contributed by atoms with Crippen LogP contribution in [0.15, 0.2) is 0 Å². The van der Waals surface area contributed by atoms with Crippen molar-refractivity contribution in [3.05, 3.63) is 0 Å². The van der Waals surface area contributed by atoms with Crippen molar-refractivity contribution in [2.24, 2.45) is 0 Å². The van der Waals surface area contributed by atoms with Crippen molar-refractivity contribution in [1.82, 2.24) is 0 Å². The average Bonchev–Trinajstić information content (AvgIpc) is 2.43. The fourth-order valence-corrected chi connectivity index (χ4v) is 1.48. The molecule has 0 rings (SSSR count). The van der Waals surface area contributed by atoms with Crippen LogP contribution in [0.5, 0.6) is 0 Å². The van der Waals surface area contributed by atoms with Crippen LogP contribution in [0.4, 0.5) is 0 Å². The molecule has 0 fully saturated rings. The predicted octanol–water partition coefficient (Wildman–Crippen LogP) is 1.18. The van der Waals surface area contributed by atoms with E-state index in [4.69, 9.17) is 19.7 Å². The van der Waals surface area contributed by atoms with Gasteiger partial charge in [0.25, 0.3) is 0 Å². The third-order valence-electron chi connectivity index (χ3n) is 2.64. The zero-order chi connectivity index (χ0) is 15.1. The summed E-state index contributed by atoms with van der Waals surface area (Å²) in [5, 5.41) is 17.1. The molecule has 20 heavy (non-hydrogen) atoms. The van der Waals surface area contributed by atoms with Crippen molar-refractivity contribution in [2.75, 3.05) is 26.4 Å². The molecule has 0 radical (unpaired) electrons. The van der Waals surface area contributed by atoms with E-state index in [0.717, 1.165) is 0 Å². The molecular weight excluding hydrogens is 264 g/mol. The van der Waals surface area contributed by atoms with Crippen LogP contribution in [0.25, 0.3) is 0 Å². The number of carbonyl (C=O) groups excluding carboxylic acids is 2. The van der Waals surface area contributed by atoms with Crippen molar-refractivity contribution in [3.8, 4) is 0 Å². The summed E-state index contributed by atoms with van der Waals surface area (Å²) >= 11 is 0. The van der Waals surface area contributed by atoms with E-state index >= 15 is 0 Å². The summed E-state index contributed by atoms with van der Waals surface area (Å²) in [6.07, 6.45) is 4.50. The molecule has 0 aromatic heterocycles. The highest BCUT2D eigenvalue weighted by molar-refractivity contribution is 5.69. The molecule has 0 aliphatic carbocycles. The van der Waals surface area contributed by atoms with Gasteiger partial charge in [-0.15, -0.1) is 0 Å². The van der Waals surface area contributed by atoms with Crippen LogP contribution in [0.1, 0.15) is 51.4 Å². The van der Waals surface area contributed by atoms with Crippen molar-refractivity contribution < 1.29 is 29.3 Å². The lowest BCUT2D eigenvalue weighted by Crippen LogP contribution is -2.09. The zero-order valence-electron chi connectivity index (χ0n) is 12.0. The second kappa shape index (κ2) is 14.3. The van der Waals surface area contributed by atoms with Gasteiger partial charge in [0.1, 0.15) is 0 Å². The van der Waals surface area contributed by atoms with Crippen LogP contribution in [-0.4, -0.2) is 48.6 Å². The van der Waals surface area contributed by atoms with E-state index in [-0.39, 0.29) is 25.2 Å². The number of aliphatic hydroxyl groups is 2. The van der Waals surface area contributed by atoms with E-state index in [0.29, 0.717) is 64.6 Å². The molecule has 0 aliphatic heterocycles. The number of hydrogen-bond donors (Lipinski definition) is 2. The van der Waals surface area contributed by atoms with E-state index in [1.54, 1.807) is 0 Å². The van der Waals surface area contributed by atoms with Crippen molar-refractivity contribution >= 4 is 11.9 Å². The summed E-state index contributed by atoms with van der Waals surface area (Å²) < 4.78 is 9.97. The molecule has 6 heteroatoms. The van der Waals surface area contributed by atoms with Gasteiger partial charge in [0.15, 0.2) is 0 Å². The molecule has 0 saturated heterocycles. The van der Waals surface area contributed by atoms with Gasteiger partial charge in [-0.25, -0.2) is 0 Å². The number of ether oxygens (including phenoxy) is 2. The lowest BCUT2D eigenvalue weighted by atomic mass is 10.2. The highest BCUT2D eigenvalue weighted by Crippen LogP contribution is 2.01. The summed E-state index contributed by atoms with van der Waals surface area (Å²) in [6, 6.07) is 0. The maximum Gasteiger partial charge on any atom is 0.305 e. The van der Waals surface area contributed by atoms with Crippen LogP contribution in [0.2, 0.25) is 0 Å². The van der Waals surface area contributed by atoms with Gasteiger partial charge in [-0.2, -0.15) is 0 Å². The van der Waals surface area contributed by atoms with Gasteiger partial charge in [-0.1, -0.05) is 0 Å². The SMILES string of the molecule is O=C(CCCCO)OCCCCOC(=O)CCCCO. The molecule has 0 aromatic carbocycles. The summed E-state index contributed by atoms with van der Waals surface area (Å²) in [4.78, 5) is 22.4. The number of rotatable bonds is 13. The number of aliphatic hydroxyl groups excluding tert-OH is 2. The van der Waals surface area contributed by atoms with Gasteiger partial charge in [0.05, 0.1) is 13.2 Å². The Morgan fingerprint density at radius 3 is 1.40 bits per heavy atom. The maximum absolute atomic E-state index is 11.2. The van der Waals surface area contributed by atoms with Gasteiger partial charge >= 0.3 is 11.9 Å². The van der Waals surface area contributed by atoms with Gasteiger partial charge < -0.3 is 19.7 Å². The normalized spacial score (nSPS) is 10.3. The Hall–Kier alpha value is -1.14. The first-order valence-electron chi connectivity index (χ1n) is 7.23. The minimum absolute atomic E-state index is 0.0942. The van der Waals surface area contributed by atoms with Crippen LogP contribution < -0.4 is 0 Å². The van der Waals surface area contributed by atoms with Gasteiger partial charge in [-0.05, 0) is 38.5 Å². The van der Waals surface area contributed by atoms with E-state index in [1.165, 1.54) is 0 Å². The Bertz CT molecular complexity index is 228. The molecule has 0 saturated carbocycles. The molecule has 0 bridgehead atoms. The largest absolute Gasteiger partial charge is 0.466 e. The summed E-state index contributed by atoms with van der Waals surface area (Å²) in [6.45, 7) is 0.855. The highest BCUT2D eigenvalue weighted by Gasteiger charge is 2.04. The summed E-state index contributed by atoms with van der Waals surface area (Å²) in [5.74, 6) is -0.501. The first kappa shape index (κ1) is 18.9. The second-order valence-electron chi connectivity index (χ2n) is 4.51. The van der Waals surface area contributed by atoms with Crippen molar-refractivity contribution in [1.29, 1.82) is 0 Å².